The molecular formula is C19H23NO2. The number of carbonyl (C=O) groups is 1. The third kappa shape index (κ3) is 4.71. The topological polar surface area (TPSA) is 49.3 Å². The highest BCUT2D eigenvalue weighted by molar-refractivity contribution is 5.86. The van der Waals surface area contributed by atoms with Crippen molar-refractivity contribution in [2.45, 2.75) is 38.5 Å². The fourth-order valence-electron chi connectivity index (χ4n) is 2.59. The second-order valence-electron chi connectivity index (χ2n) is 5.61. The van der Waals surface area contributed by atoms with Crippen LogP contribution in [0.25, 0.3) is 16.3 Å². The molecule has 0 aliphatic heterocycles. The predicted octanol–water partition coefficient (Wildman–Crippen LogP) is 4.70. The molecule has 22 heavy (non-hydrogen) atoms. The summed E-state index contributed by atoms with van der Waals surface area (Å²) in [5, 5.41) is 10.9. The van der Waals surface area contributed by atoms with Gasteiger partial charge in [-0.1, -0.05) is 55.8 Å². The number of hydroxylamine groups is 1. The van der Waals surface area contributed by atoms with Crippen molar-refractivity contribution in [1.29, 1.82) is 0 Å². The number of carbonyl (C=O) groups excluding carboxylic acids is 1. The van der Waals surface area contributed by atoms with Gasteiger partial charge in [-0.15, -0.1) is 0 Å². The van der Waals surface area contributed by atoms with Crippen LogP contribution < -0.4 is 5.48 Å². The van der Waals surface area contributed by atoms with Crippen molar-refractivity contribution in [3.63, 3.8) is 0 Å². The van der Waals surface area contributed by atoms with Crippen LogP contribution in [0.5, 0.6) is 0 Å². The SMILES string of the molecule is C=C(CCCCCCC(=O)NO)c1ccc2ccccc2c1. The molecule has 0 aromatic heterocycles. The third-order valence-electron chi connectivity index (χ3n) is 3.91. The van der Waals surface area contributed by atoms with E-state index in [2.05, 4.69) is 43.0 Å². The molecule has 0 bridgehead atoms. The highest BCUT2D eigenvalue weighted by Gasteiger charge is 2.02. The van der Waals surface area contributed by atoms with Crippen molar-refractivity contribution in [2.75, 3.05) is 0 Å². The average molecular weight is 297 g/mol. The van der Waals surface area contributed by atoms with Crippen LogP contribution in [0, 0.1) is 0 Å². The monoisotopic (exact) mass is 297 g/mol. The summed E-state index contributed by atoms with van der Waals surface area (Å²) in [5.74, 6) is -0.305. The van der Waals surface area contributed by atoms with Crippen LogP contribution in [-0.4, -0.2) is 11.1 Å². The number of allylic oxidation sites excluding steroid dienone is 1. The van der Waals surface area contributed by atoms with Gasteiger partial charge in [-0.2, -0.15) is 0 Å². The van der Waals surface area contributed by atoms with Gasteiger partial charge in [0.2, 0.25) is 5.91 Å². The van der Waals surface area contributed by atoms with E-state index in [1.165, 1.54) is 21.9 Å². The second-order valence-corrected chi connectivity index (χ2v) is 5.61. The minimum Gasteiger partial charge on any atom is -0.289 e. The number of hydrogen-bond donors (Lipinski definition) is 2. The van der Waals surface area contributed by atoms with E-state index < -0.39 is 0 Å². The summed E-state index contributed by atoms with van der Waals surface area (Å²) in [7, 11) is 0. The summed E-state index contributed by atoms with van der Waals surface area (Å²) in [6, 6.07) is 14.8. The van der Waals surface area contributed by atoms with Crippen molar-refractivity contribution in [2.24, 2.45) is 0 Å². The summed E-state index contributed by atoms with van der Waals surface area (Å²) in [6.07, 6.45) is 5.33. The van der Waals surface area contributed by atoms with Crippen molar-refractivity contribution >= 4 is 22.3 Å². The van der Waals surface area contributed by atoms with E-state index in [4.69, 9.17) is 5.21 Å². The lowest BCUT2D eigenvalue weighted by atomic mass is 9.98. The number of rotatable bonds is 8. The van der Waals surface area contributed by atoms with Crippen LogP contribution in [0.15, 0.2) is 49.0 Å². The van der Waals surface area contributed by atoms with Gasteiger partial charge in [-0.25, -0.2) is 5.48 Å². The molecule has 0 aliphatic carbocycles. The fraction of sp³-hybridized carbons (Fsp3) is 0.316. The predicted molar refractivity (Wildman–Crippen MR) is 90.6 cm³/mol. The van der Waals surface area contributed by atoms with E-state index in [1.807, 2.05) is 6.07 Å². The molecule has 0 radical (unpaired) electrons. The molecular weight excluding hydrogens is 274 g/mol. The summed E-state index contributed by atoms with van der Waals surface area (Å²) in [6.45, 7) is 4.19. The van der Waals surface area contributed by atoms with Gasteiger partial charge in [0.25, 0.3) is 0 Å². The number of unbranched alkanes of at least 4 members (excludes halogenated alkanes) is 3. The van der Waals surface area contributed by atoms with Gasteiger partial charge in [0.05, 0.1) is 0 Å². The molecule has 116 valence electrons. The van der Waals surface area contributed by atoms with Crippen LogP contribution in [0.3, 0.4) is 0 Å². The number of hydrogen-bond acceptors (Lipinski definition) is 2. The molecule has 0 atom stereocenters. The van der Waals surface area contributed by atoms with Gasteiger partial charge in [-0.3, -0.25) is 10.0 Å². The van der Waals surface area contributed by atoms with Crippen molar-refractivity contribution < 1.29 is 10.0 Å². The van der Waals surface area contributed by atoms with Gasteiger partial charge >= 0.3 is 0 Å². The van der Waals surface area contributed by atoms with Crippen LogP contribution in [0.4, 0.5) is 0 Å². The van der Waals surface area contributed by atoms with Crippen molar-refractivity contribution in [3.05, 3.63) is 54.6 Å². The highest BCUT2D eigenvalue weighted by atomic mass is 16.5. The lowest BCUT2D eigenvalue weighted by Crippen LogP contribution is -2.17. The molecule has 0 saturated heterocycles. The normalized spacial score (nSPS) is 10.6. The Morgan fingerprint density at radius 1 is 0.955 bits per heavy atom. The van der Waals surface area contributed by atoms with Gasteiger partial charge in [0.1, 0.15) is 0 Å². The van der Waals surface area contributed by atoms with Gasteiger partial charge in [0.15, 0.2) is 0 Å². The maximum absolute atomic E-state index is 10.9. The number of amides is 1. The lowest BCUT2D eigenvalue weighted by molar-refractivity contribution is -0.129. The Morgan fingerprint density at radius 3 is 2.36 bits per heavy atom. The smallest absolute Gasteiger partial charge is 0.243 e. The molecule has 0 heterocycles. The number of benzene rings is 2. The Kier molecular flexibility index (Phi) is 6.16. The molecule has 0 saturated carbocycles. The van der Waals surface area contributed by atoms with Crippen LogP contribution in [-0.2, 0) is 4.79 Å². The number of fused-ring (bicyclic) bond motifs is 1. The fourth-order valence-corrected chi connectivity index (χ4v) is 2.59. The minimum atomic E-state index is -0.305. The molecule has 0 aliphatic rings. The highest BCUT2D eigenvalue weighted by Crippen LogP contribution is 2.24. The first-order valence-electron chi connectivity index (χ1n) is 7.80. The molecule has 3 nitrogen and oxygen atoms in total. The molecule has 2 N–H and O–H groups in total. The maximum atomic E-state index is 10.9. The average Bonchev–Trinajstić information content (AvgIpc) is 2.56. The first-order valence-corrected chi connectivity index (χ1v) is 7.80. The summed E-state index contributed by atoms with van der Waals surface area (Å²) < 4.78 is 0. The Hall–Kier alpha value is -2.13. The standard InChI is InChI=1S/C19H23NO2/c1-15(8-4-2-3-5-11-19(21)20-22)17-13-12-16-9-6-7-10-18(16)14-17/h6-7,9-10,12-14,22H,1-5,8,11H2,(H,20,21). The zero-order chi connectivity index (χ0) is 15.8. The van der Waals surface area contributed by atoms with Crippen LogP contribution in [0.1, 0.15) is 44.1 Å². The molecule has 2 aromatic rings. The third-order valence-corrected chi connectivity index (χ3v) is 3.91. The maximum Gasteiger partial charge on any atom is 0.243 e. The van der Waals surface area contributed by atoms with E-state index in [1.54, 1.807) is 5.48 Å². The Morgan fingerprint density at radius 2 is 1.64 bits per heavy atom. The van der Waals surface area contributed by atoms with Gasteiger partial charge < -0.3 is 0 Å². The Balaban J connectivity index is 1.75. The van der Waals surface area contributed by atoms with Gasteiger partial charge in [-0.05, 0) is 47.2 Å². The molecule has 2 aromatic carbocycles. The lowest BCUT2D eigenvalue weighted by Gasteiger charge is -2.07. The molecule has 0 spiro atoms. The van der Waals surface area contributed by atoms with Crippen molar-refractivity contribution in [1.82, 2.24) is 5.48 Å². The van der Waals surface area contributed by atoms with E-state index >= 15 is 0 Å². The zero-order valence-corrected chi connectivity index (χ0v) is 12.8. The quantitative estimate of drug-likeness (QED) is 0.421. The van der Waals surface area contributed by atoms with E-state index in [0.717, 1.165) is 32.1 Å². The van der Waals surface area contributed by atoms with Crippen LogP contribution >= 0.6 is 0 Å². The molecule has 3 heteroatoms. The number of nitrogens with one attached hydrogen (secondary N) is 1. The van der Waals surface area contributed by atoms with E-state index in [9.17, 15) is 4.79 Å². The summed E-state index contributed by atoms with van der Waals surface area (Å²) in [5.41, 5.74) is 4.03. The van der Waals surface area contributed by atoms with Crippen molar-refractivity contribution in [3.8, 4) is 0 Å². The minimum absolute atomic E-state index is 0.305. The van der Waals surface area contributed by atoms with E-state index in [0.29, 0.717) is 6.42 Å². The molecule has 0 fully saturated rings. The van der Waals surface area contributed by atoms with Gasteiger partial charge in [0, 0.05) is 6.42 Å². The summed E-state index contributed by atoms with van der Waals surface area (Å²) in [4.78, 5) is 10.9. The molecule has 0 unspecified atom stereocenters. The summed E-state index contributed by atoms with van der Waals surface area (Å²) >= 11 is 0. The second kappa shape index (κ2) is 8.35. The Labute approximate surface area is 131 Å². The zero-order valence-electron chi connectivity index (χ0n) is 12.8. The largest absolute Gasteiger partial charge is 0.289 e. The van der Waals surface area contributed by atoms with E-state index in [-0.39, 0.29) is 5.91 Å². The molecule has 1 amide bonds. The molecule has 2 rings (SSSR count). The first-order chi connectivity index (χ1) is 10.7. The first kappa shape index (κ1) is 16.2. The van der Waals surface area contributed by atoms with Crippen LogP contribution in [0.2, 0.25) is 0 Å². The Bertz CT molecular complexity index is 649.